The smallest absolute Gasteiger partial charge is 0.0900 e. The molecule has 0 aliphatic heterocycles. The van der Waals surface area contributed by atoms with Gasteiger partial charge >= 0.3 is 0 Å². The number of nitrogens with zero attached hydrogens (tertiary/aromatic N) is 2. The van der Waals surface area contributed by atoms with E-state index in [-0.39, 0.29) is 6.10 Å². The van der Waals surface area contributed by atoms with Gasteiger partial charge in [0.2, 0.25) is 0 Å². The molecule has 1 unspecified atom stereocenters. The number of ether oxygens (including phenoxy) is 1. The Morgan fingerprint density at radius 1 is 1.20 bits per heavy atom. The molecule has 0 bridgehead atoms. The summed E-state index contributed by atoms with van der Waals surface area (Å²) >= 11 is 0. The van der Waals surface area contributed by atoms with Crippen molar-refractivity contribution in [2.45, 2.75) is 19.4 Å². The molecule has 0 fully saturated rings. The van der Waals surface area contributed by atoms with Crippen LogP contribution in [-0.4, -0.2) is 75.0 Å². The molecule has 0 heterocycles. The minimum absolute atomic E-state index is 0.372. The molecule has 4 heteroatoms. The maximum absolute atomic E-state index is 9.63. The summed E-state index contributed by atoms with van der Waals surface area (Å²) in [5.74, 6) is 0. The molecule has 0 spiro atoms. The number of likely N-dealkylation sites (N-methyl/N-ethyl adjacent to an activating group) is 1. The average Bonchev–Trinajstić information content (AvgIpc) is 2.15. The summed E-state index contributed by atoms with van der Waals surface area (Å²) in [7, 11) is 5.75. The molecular weight excluding hydrogens is 192 g/mol. The van der Waals surface area contributed by atoms with Crippen molar-refractivity contribution in [1.82, 2.24) is 9.80 Å². The van der Waals surface area contributed by atoms with Crippen LogP contribution in [0.3, 0.4) is 0 Å². The summed E-state index contributed by atoms with van der Waals surface area (Å²) in [5.41, 5.74) is 0. The van der Waals surface area contributed by atoms with Gasteiger partial charge in [-0.05, 0) is 27.1 Å². The lowest BCUT2D eigenvalue weighted by molar-refractivity contribution is 0.0364. The summed E-state index contributed by atoms with van der Waals surface area (Å²) in [6.45, 7) is 6.35. The highest BCUT2D eigenvalue weighted by atomic mass is 16.5. The van der Waals surface area contributed by atoms with Gasteiger partial charge in [-0.25, -0.2) is 0 Å². The van der Waals surface area contributed by atoms with Crippen LogP contribution in [0, 0.1) is 0 Å². The standard InChI is InChI=1S/C11H26N2O2/c1-5-6-13(8-7-12(2)3)9-11(14)10-15-4/h11,14H,5-10H2,1-4H3. The number of rotatable bonds is 9. The minimum atomic E-state index is -0.372. The number of hydrogen-bond donors (Lipinski definition) is 1. The van der Waals surface area contributed by atoms with Gasteiger partial charge in [0.15, 0.2) is 0 Å². The number of aliphatic hydroxyl groups is 1. The Balaban J connectivity index is 3.80. The molecule has 0 aliphatic rings. The Morgan fingerprint density at radius 3 is 2.33 bits per heavy atom. The fourth-order valence-corrected chi connectivity index (χ4v) is 1.50. The first-order valence-electron chi connectivity index (χ1n) is 5.64. The average molecular weight is 218 g/mol. The third kappa shape index (κ3) is 8.81. The van der Waals surface area contributed by atoms with Gasteiger partial charge in [0.25, 0.3) is 0 Å². The van der Waals surface area contributed by atoms with Crippen LogP contribution in [0.4, 0.5) is 0 Å². The Morgan fingerprint density at radius 2 is 1.87 bits per heavy atom. The largest absolute Gasteiger partial charge is 0.389 e. The van der Waals surface area contributed by atoms with E-state index in [0.717, 1.165) is 26.1 Å². The first-order valence-corrected chi connectivity index (χ1v) is 5.64. The fourth-order valence-electron chi connectivity index (χ4n) is 1.50. The van der Waals surface area contributed by atoms with E-state index in [9.17, 15) is 5.11 Å². The molecule has 0 saturated carbocycles. The number of aliphatic hydroxyl groups excluding tert-OH is 1. The van der Waals surface area contributed by atoms with Gasteiger partial charge in [0, 0.05) is 26.7 Å². The van der Waals surface area contributed by atoms with E-state index in [2.05, 4.69) is 30.8 Å². The number of hydrogen-bond acceptors (Lipinski definition) is 4. The predicted octanol–water partition coefficient (Wildman–Crippen LogP) is 0.267. The highest BCUT2D eigenvalue weighted by Crippen LogP contribution is 1.96. The minimum Gasteiger partial charge on any atom is -0.389 e. The Kier molecular flexibility index (Phi) is 9.00. The van der Waals surface area contributed by atoms with E-state index in [1.807, 2.05) is 0 Å². The molecule has 0 aromatic rings. The fraction of sp³-hybridized carbons (Fsp3) is 1.00. The zero-order chi connectivity index (χ0) is 11.7. The van der Waals surface area contributed by atoms with Crippen molar-refractivity contribution in [3.63, 3.8) is 0 Å². The monoisotopic (exact) mass is 218 g/mol. The van der Waals surface area contributed by atoms with E-state index >= 15 is 0 Å². The molecule has 0 aromatic heterocycles. The second-order valence-corrected chi connectivity index (χ2v) is 4.21. The van der Waals surface area contributed by atoms with Crippen LogP contribution in [0.2, 0.25) is 0 Å². The summed E-state index contributed by atoms with van der Waals surface area (Å²) in [6.07, 6.45) is 0.747. The maximum Gasteiger partial charge on any atom is 0.0900 e. The van der Waals surface area contributed by atoms with Crippen molar-refractivity contribution < 1.29 is 9.84 Å². The molecule has 92 valence electrons. The molecule has 0 saturated heterocycles. The first-order chi connectivity index (χ1) is 7.10. The third-order valence-corrected chi connectivity index (χ3v) is 2.23. The SMILES string of the molecule is CCCN(CCN(C)C)CC(O)COC. The van der Waals surface area contributed by atoms with Crippen molar-refractivity contribution in [1.29, 1.82) is 0 Å². The van der Waals surface area contributed by atoms with Crippen LogP contribution in [0.25, 0.3) is 0 Å². The van der Waals surface area contributed by atoms with Gasteiger partial charge in [0.1, 0.15) is 0 Å². The van der Waals surface area contributed by atoms with E-state index in [1.54, 1.807) is 7.11 Å². The summed E-state index contributed by atoms with van der Waals surface area (Å²) in [4.78, 5) is 4.44. The van der Waals surface area contributed by atoms with Gasteiger partial charge in [-0.3, -0.25) is 4.90 Å². The topological polar surface area (TPSA) is 35.9 Å². The number of methoxy groups -OCH3 is 1. The molecule has 0 aromatic carbocycles. The van der Waals surface area contributed by atoms with E-state index in [0.29, 0.717) is 13.2 Å². The molecule has 0 aliphatic carbocycles. The molecule has 15 heavy (non-hydrogen) atoms. The molecular formula is C11H26N2O2. The van der Waals surface area contributed by atoms with Gasteiger partial charge in [-0.1, -0.05) is 6.92 Å². The molecule has 1 atom stereocenters. The Labute approximate surface area is 93.8 Å². The normalized spacial score (nSPS) is 13.8. The highest BCUT2D eigenvalue weighted by molar-refractivity contribution is 4.65. The third-order valence-electron chi connectivity index (χ3n) is 2.23. The van der Waals surface area contributed by atoms with Crippen molar-refractivity contribution >= 4 is 0 Å². The maximum atomic E-state index is 9.63. The van der Waals surface area contributed by atoms with Crippen molar-refractivity contribution in [3.8, 4) is 0 Å². The first kappa shape index (κ1) is 14.8. The highest BCUT2D eigenvalue weighted by Gasteiger charge is 2.10. The van der Waals surface area contributed by atoms with Gasteiger partial charge in [-0.15, -0.1) is 0 Å². The van der Waals surface area contributed by atoms with E-state index < -0.39 is 0 Å². The zero-order valence-electron chi connectivity index (χ0n) is 10.6. The van der Waals surface area contributed by atoms with Gasteiger partial charge in [-0.2, -0.15) is 0 Å². The lowest BCUT2D eigenvalue weighted by Gasteiger charge is -2.25. The van der Waals surface area contributed by atoms with E-state index in [1.165, 1.54) is 0 Å². The van der Waals surface area contributed by atoms with Gasteiger partial charge in [0.05, 0.1) is 12.7 Å². The molecule has 4 nitrogen and oxygen atoms in total. The molecule has 0 rings (SSSR count). The molecule has 0 amide bonds. The van der Waals surface area contributed by atoms with Crippen LogP contribution in [0.5, 0.6) is 0 Å². The van der Waals surface area contributed by atoms with Gasteiger partial charge < -0.3 is 14.7 Å². The molecule has 0 radical (unpaired) electrons. The van der Waals surface area contributed by atoms with Crippen molar-refractivity contribution in [2.24, 2.45) is 0 Å². The van der Waals surface area contributed by atoms with Crippen LogP contribution < -0.4 is 0 Å². The van der Waals surface area contributed by atoms with E-state index in [4.69, 9.17) is 4.74 Å². The Hall–Kier alpha value is -0.160. The van der Waals surface area contributed by atoms with Crippen LogP contribution >= 0.6 is 0 Å². The lowest BCUT2D eigenvalue weighted by atomic mass is 10.3. The zero-order valence-corrected chi connectivity index (χ0v) is 10.6. The summed E-state index contributed by atoms with van der Waals surface area (Å²) in [6, 6.07) is 0. The van der Waals surface area contributed by atoms with Crippen molar-refractivity contribution in [2.75, 3.05) is 54.0 Å². The van der Waals surface area contributed by atoms with Crippen molar-refractivity contribution in [3.05, 3.63) is 0 Å². The predicted molar refractivity (Wildman–Crippen MR) is 63.2 cm³/mol. The quantitative estimate of drug-likeness (QED) is 0.602. The van der Waals surface area contributed by atoms with Crippen LogP contribution in [0.15, 0.2) is 0 Å². The Bertz CT molecular complexity index is 143. The lowest BCUT2D eigenvalue weighted by Crippen LogP contribution is -2.39. The van der Waals surface area contributed by atoms with Crippen LogP contribution in [0.1, 0.15) is 13.3 Å². The second kappa shape index (κ2) is 9.09. The summed E-state index contributed by atoms with van der Waals surface area (Å²) < 4.78 is 4.92. The molecule has 1 N–H and O–H groups in total. The van der Waals surface area contributed by atoms with Crippen LogP contribution in [-0.2, 0) is 4.74 Å². The second-order valence-electron chi connectivity index (χ2n) is 4.21. The summed E-state index contributed by atoms with van der Waals surface area (Å²) in [5, 5.41) is 9.63.